The predicted molar refractivity (Wildman–Crippen MR) is 120 cm³/mol. The number of aromatic amines is 2. The van der Waals surface area contributed by atoms with Crippen molar-refractivity contribution in [3.05, 3.63) is 76.0 Å². The fourth-order valence-corrected chi connectivity index (χ4v) is 4.06. The molecule has 1 fully saturated rings. The number of hydrogen-bond donors (Lipinski definition) is 3. The second-order valence-corrected chi connectivity index (χ2v) is 7.74. The fraction of sp³-hybridized carbons (Fsp3) is 0.227. The first kappa shape index (κ1) is 19.7. The lowest BCUT2D eigenvalue weighted by atomic mass is 9.97. The van der Waals surface area contributed by atoms with Crippen molar-refractivity contribution in [2.45, 2.75) is 12.8 Å². The number of hydrogen-bond acceptors (Lipinski definition) is 6. The fourth-order valence-electron chi connectivity index (χ4n) is 4.06. The minimum atomic E-state index is -0.630. The van der Waals surface area contributed by atoms with Gasteiger partial charge in [0.15, 0.2) is 0 Å². The van der Waals surface area contributed by atoms with E-state index in [0.717, 1.165) is 35.5 Å². The average Bonchev–Trinajstić information content (AvgIpc) is 3.25. The summed E-state index contributed by atoms with van der Waals surface area (Å²) in [5.41, 5.74) is -0.171. The summed E-state index contributed by atoms with van der Waals surface area (Å²) in [5, 5.41) is 3.74. The van der Waals surface area contributed by atoms with Crippen molar-refractivity contribution in [2.75, 3.05) is 23.3 Å². The Hall–Kier alpha value is -4.21. The van der Waals surface area contributed by atoms with Crippen LogP contribution in [0.3, 0.4) is 0 Å². The van der Waals surface area contributed by atoms with E-state index in [-0.39, 0.29) is 17.5 Å². The number of H-pyrrole nitrogens is 2. The number of para-hydroxylation sites is 1. The molecule has 0 aliphatic carbocycles. The topological polar surface area (TPSA) is 129 Å². The molecule has 0 saturated carbocycles. The van der Waals surface area contributed by atoms with Crippen LogP contribution in [0.1, 0.15) is 12.8 Å². The summed E-state index contributed by atoms with van der Waals surface area (Å²) in [6.45, 7) is 1.24. The maximum absolute atomic E-state index is 12.8. The molecule has 1 amide bonds. The molecule has 0 spiro atoms. The molecular weight excluding hydrogens is 410 g/mol. The number of fused-ring (bicyclic) bond motifs is 1. The zero-order valence-electron chi connectivity index (χ0n) is 17.1. The molecule has 3 aromatic heterocycles. The Labute approximate surface area is 182 Å². The third kappa shape index (κ3) is 3.78. The van der Waals surface area contributed by atoms with Crippen LogP contribution in [-0.4, -0.2) is 43.5 Å². The highest BCUT2D eigenvalue weighted by atomic mass is 16.2. The number of benzene rings is 1. The summed E-state index contributed by atoms with van der Waals surface area (Å²) in [7, 11) is 0. The van der Waals surface area contributed by atoms with Crippen molar-refractivity contribution < 1.29 is 4.79 Å². The van der Waals surface area contributed by atoms with Gasteiger partial charge in [-0.1, -0.05) is 18.2 Å². The van der Waals surface area contributed by atoms with E-state index < -0.39 is 11.2 Å². The van der Waals surface area contributed by atoms with Gasteiger partial charge >= 0.3 is 5.69 Å². The lowest BCUT2D eigenvalue weighted by molar-refractivity contribution is -0.120. The Morgan fingerprint density at radius 3 is 2.84 bits per heavy atom. The zero-order chi connectivity index (χ0) is 22.1. The Morgan fingerprint density at radius 2 is 1.97 bits per heavy atom. The number of aromatic nitrogens is 5. The van der Waals surface area contributed by atoms with E-state index in [9.17, 15) is 14.4 Å². The molecule has 1 aliphatic heterocycles. The molecule has 3 N–H and O–H groups in total. The first-order valence-corrected chi connectivity index (χ1v) is 10.3. The van der Waals surface area contributed by atoms with Gasteiger partial charge in [0.05, 0.1) is 11.4 Å². The van der Waals surface area contributed by atoms with Crippen LogP contribution in [-0.2, 0) is 4.79 Å². The summed E-state index contributed by atoms with van der Waals surface area (Å²) < 4.78 is 2.01. The molecule has 162 valence electrons. The van der Waals surface area contributed by atoms with Gasteiger partial charge in [-0.2, -0.15) is 0 Å². The number of piperidine rings is 1. The smallest absolute Gasteiger partial charge is 0.325 e. The number of carbonyl (C=O) groups excluding carboxylic acids is 1. The van der Waals surface area contributed by atoms with Gasteiger partial charge in [-0.05, 0) is 30.4 Å². The largest absolute Gasteiger partial charge is 0.356 e. The number of amides is 1. The van der Waals surface area contributed by atoms with Crippen LogP contribution < -0.4 is 21.5 Å². The highest BCUT2D eigenvalue weighted by molar-refractivity contribution is 5.92. The lowest BCUT2D eigenvalue weighted by Gasteiger charge is -2.32. The highest BCUT2D eigenvalue weighted by Crippen LogP contribution is 2.25. The lowest BCUT2D eigenvalue weighted by Crippen LogP contribution is -2.42. The Balaban J connectivity index is 1.35. The van der Waals surface area contributed by atoms with Crippen LogP contribution in [0.25, 0.3) is 16.7 Å². The molecule has 0 unspecified atom stereocenters. The van der Waals surface area contributed by atoms with E-state index in [2.05, 4.69) is 36.2 Å². The minimum absolute atomic E-state index is 0.0236. The van der Waals surface area contributed by atoms with Crippen LogP contribution in [0.5, 0.6) is 0 Å². The molecule has 1 aromatic carbocycles. The van der Waals surface area contributed by atoms with Gasteiger partial charge in [-0.25, -0.2) is 14.8 Å². The second-order valence-electron chi connectivity index (χ2n) is 7.74. The first-order chi connectivity index (χ1) is 15.6. The van der Waals surface area contributed by atoms with Gasteiger partial charge in [-0.15, -0.1) is 0 Å². The monoisotopic (exact) mass is 431 g/mol. The normalized spacial score (nSPS) is 16.2. The van der Waals surface area contributed by atoms with Crippen LogP contribution in [0.4, 0.5) is 11.5 Å². The molecule has 10 heteroatoms. The molecule has 0 radical (unpaired) electrons. The Bertz CT molecular complexity index is 1400. The predicted octanol–water partition coefficient (Wildman–Crippen LogP) is 1.65. The maximum Gasteiger partial charge on any atom is 0.325 e. The van der Waals surface area contributed by atoms with E-state index in [4.69, 9.17) is 0 Å². The van der Waals surface area contributed by atoms with Crippen LogP contribution in [0, 0.1) is 5.92 Å². The molecular formula is C22H21N7O3. The number of carbonyl (C=O) groups is 1. The highest BCUT2D eigenvalue weighted by Gasteiger charge is 2.27. The summed E-state index contributed by atoms with van der Waals surface area (Å²) in [5.74, 6) is 0.911. The second kappa shape index (κ2) is 8.14. The average molecular weight is 431 g/mol. The van der Waals surface area contributed by atoms with Gasteiger partial charge in [0.25, 0.3) is 5.56 Å². The molecule has 5 rings (SSSR count). The minimum Gasteiger partial charge on any atom is -0.356 e. The number of nitrogens with one attached hydrogen (secondary N) is 3. The molecule has 1 aliphatic rings. The van der Waals surface area contributed by atoms with Gasteiger partial charge in [0, 0.05) is 31.5 Å². The molecule has 32 heavy (non-hydrogen) atoms. The number of anilines is 2. The van der Waals surface area contributed by atoms with E-state index in [0.29, 0.717) is 13.0 Å². The standard InChI is InChI=1S/C22H21N7O3/c30-20(26-16-11-23-22(32)27-21(16)31)15-5-3-8-28(12-15)18-10-19(25-13-24-18)29-9-7-14-4-1-2-6-17(14)29/h1-2,4,6-7,9-11,13,15H,3,5,8,12H2,(H,26,30)(H2,23,27,31,32)/t15-/m1/s1. The third-order valence-corrected chi connectivity index (χ3v) is 5.68. The van der Waals surface area contributed by atoms with Crippen LogP contribution in [0.15, 0.2) is 64.7 Å². The summed E-state index contributed by atoms with van der Waals surface area (Å²) >= 11 is 0. The van der Waals surface area contributed by atoms with Crippen molar-refractivity contribution in [1.29, 1.82) is 0 Å². The SMILES string of the molecule is O=C(Nc1c[nH]c(=O)[nH]c1=O)[C@@H]1CCCN(c2cc(-n3ccc4ccccc43)ncn2)C1. The molecule has 10 nitrogen and oxygen atoms in total. The van der Waals surface area contributed by atoms with Crippen molar-refractivity contribution in [2.24, 2.45) is 5.92 Å². The van der Waals surface area contributed by atoms with E-state index in [1.807, 2.05) is 41.1 Å². The maximum atomic E-state index is 12.8. The molecule has 0 bridgehead atoms. The van der Waals surface area contributed by atoms with E-state index in [1.165, 1.54) is 12.5 Å². The summed E-state index contributed by atoms with van der Waals surface area (Å²) in [6, 6.07) is 12.0. The van der Waals surface area contributed by atoms with Crippen molar-refractivity contribution >= 4 is 28.3 Å². The Kier molecular flexibility index (Phi) is 5.02. The van der Waals surface area contributed by atoms with Crippen molar-refractivity contribution in [3.8, 4) is 5.82 Å². The van der Waals surface area contributed by atoms with Gasteiger partial charge in [-0.3, -0.25) is 14.6 Å². The number of nitrogens with zero attached hydrogens (tertiary/aromatic N) is 4. The number of rotatable bonds is 4. The first-order valence-electron chi connectivity index (χ1n) is 10.3. The summed E-state index contributed by atoms with van der Waals surface area (Å²) in [4.78, 5) is 51.2. The van der Waals surface area contributed by atoms with Crippen LogP contribution in [0.2, 0.25) is 0 Å². The summed E-state index contributed by atoms with van der Waals surface area (Å²) in [6.07, 6.45) is 6.22. The van der Waals surface area contributed by atoms with E-state index >= 15 is 0 Å². The Morgan fingerprint density at radius 1 is 1.12 bits per heavy atom. The van der Waals surface area contributed by atoms with Crippen molar-refractivity contribution in [3.63, 3.8) is 0 Å². The van der Waals surface area contributed by atoms with Crippen LogP contribution >= 0.6 is 0 Å². The van der Waals surface area contributed by atoms with Gasteiger partial charge < -0.3 is 19.8 Å². The van der Waals surface area contributed by atoms with E-state index in [1.54, 1.807) is 0 Å². The molecule has 4 aromatic rings. The van der Waals surface area contributed by atoms with Crippen molar-refractivity contribution in [1.82, 2.24) is 24.5 Å². The zero-order valence-corrected chi connectivity index (χ0v) is 17.1. The van der Waals surface area contributed by atoms with Gasteiger partial charge in [0.2, 0.25) is 5.91 Å². The molecule has 4 heterocycles. The third-order valence-electron chi connectivity index (χ3n) is 5.68. The quantitative estimate of drug-likeness (QED) is 0.451. The molecule has 1 atom stereocenters. The van der Waals surface area contributed by atoms with Gasteiger partial charge in [0.1, 0.15) is 23.7 Å². The molecule has 1 saturated heterocycles.